The van der Waals surface area contributed by atoms with E-state index in [1.807, 2.05) is 0 Å². The molecule has 0 aromatic rings. The van der Waals surface area contributed by atoms with Gasteiger partial charge in [0.05, 0.1) is 5.25 Å². The molecule has 0 saturated carbocycles. The van der Waals surface area contributed by atoms with Crippen molar-refractivity contribution in [3.8, 4) is 0 Å². The molecular weight excluding hydrogens is 210 g/mol. The second-order valence-corrected chi connectivity index (χ2v) is 6.84. The molecule has 0 aromatic heterocycles. The third-order valence-electron chi connectivity index (χ3n) is 3.19. The van der Waals surface area contributed by atoms with Crippen molar-refractivity contribution in [2.75, 3.05) is 6.26 Å². The highest BCUT2D eigenvalue weighted by molar-refractivity contribution is 7.91. The summed E-state index contributed by atoms with van der Waals surface area (Å²) >= 11 is 0. The van der Waals surface area contributed by atoms with E-state index in [0.717, 1.165) is 24.8 Å². The number of sulfone groups is 1. The van der Waals surface area contributed by atoms with Crippen LogP contribution in [-0.2, 0) is 9.84 Å². The standard InChI is InChI=1S/C11H21NO2S/c1-9(15(2,13)14)11(12)10-7-5-3-4-6-8-10/h7,9,11H,3-6,8,12H2,1-2H3. The lowest BCUT2D eigenvalue weighted by Gasteiger charge is -2.21. The molecule has 0 radical (unpaired) electrons. The molecule has 0 saturated heterocycles. The van der Waals surface area contributed by atoms with Crippen molar-refractivity contribution in [2.45, 2.75) is 50.3 Å². The zero-order valence-electron chi connectivity index (χ0n) is 9.57. The van der Waals surface area contributed by atoms with Crippen molar-refractivity contribution in [1.29, 1.82) is 0 Å². The van der Waals surface area contributed by atoms with E-state index in [4.69, 9.17) is 5.73 Å². The van der Waals surface area contributed by atoms with Crippen molar-refractivity contribution < 1.29 is 8.42 Å². The van der Waals surface area contributed by atoms with Gasteiger partial charge in [0.1, 0.15) is 0 Å². The van der Waals surface area contributed by atoms with Crippen LogP contribution in [0.3, 0.4) is 0 Å². The number of rotatable bonds is 3. The van der Waals surface area contributed by atoms with Crippen LogP contribution >= 0.6 is 0 Å². The molecule has 4 heteroatoms. The molecule has 0 heterocycles. The maximum atomic E-state index is 11.4. The number of allylic oxidation sites excluding steroid dienone is 1. The van der Waals surface area contributed by atoms with E-state index >= 15 is 0 Å². The van der Waals surface area contributed by atoms with Crippen LogP contribution in [0.2, 0.25) is 0 Å². The highest BCUT2D eigenvalue weighted by Crippen LogP contribution is 2.22. The van der Waals surface area contributed by atoms with Gasteiger partial charge in [0.2, 0.25) is 0 Å². The molecule has 0 amide bonds. The van der Waals surface area contributed by atoms with Gasteiger partial charge in [-0.1, -0.05) is 18.1 Å². The highest BCUT2D eigenvalue weighted by atomic mass is 32.2. The lowest BCUT2D eigenvalue weighted by Crippen LogP contribution is -2.39. The van der Waals surface area contributed by atoms with Gasteiger partial charge in [-0.25, -0.2) is 8.42 Å². The second kappa shape index (κ2) is 5.12. The molecule has 0 bridgehead atoms. The van der Waals surface area contributed by atoms with E-state index in [-0.39, 0.29) is 6.04 Å². The monoisotopic (exact) mass is 231 g/mol. The summed E-state index contributed by atoms with van der Waals surface area (Å²) in [5.74, 6) is 0. The van der Waals surface area contributed by atoms with Crippen LogP contribution in [0.1, 0.15) is 39.0 Å². The van der Waals surface area contributed by atoms with Crippen LogP contribution in [0.25, 0.3) is 0 Å². The summed E-state index contributed by atoms with van der Waals surface area (Å²) in [7, 11) is -3.03. The fourth-order valence-electron chi connectivity index (χ4n) is 1.91. The molecule has 0 aliphatic heterocycles. The summed E-state index contributed by atoms with van der Waals surface area (Å²) in [6.45, 7) is 1.70. The van der Waals surface area contributed by atoms with Crippen molar-refractivity contribution in [3.05, 3.63) is 11.6 Å². The Morgan fingerprint density at radius 1 is 1.33 bits per heavy atom. The Morgan fingerprint density at radius 2 is 2.00 bits per heavy atom. The minimum absolute atomic E-state index is 0.321. The Hall–Kier alpha value is -0.350. The van der Waals surface area contributed by atoms with Gasteiger partial charge in [0.15, 0.2) is 9.84 Å². The predicted octanol–water partition coefficient (Wildman–Crippen LogP) is 1.64. The normalized spacial score (nSPS) is 22.7. The molecule has 1 rings (SSSR count). The van der Waals surface area contributed by atoms with E-state index in [1.54, 1.807) is 6.92 Å². The topological polar surface area (TPSA) is 60.2 Å². The SMILES string of the molecule is CC(C(N)C1=CCCCCC1)S(C)(=O)=O. The Bertz CT molecular complexity index is 332. The van der Waals surface area contributed by atoms with Gasteiger partial charge < -0.3 is 5.73 Å². The molecule has 0 fully saturated rings. The van der Waals surface area contributed by atoms with Crippen LogP contribution in [-0.4, -0.2) is 26.0 Å². The Kier molecular flexibility index (Phi) is 4.34. The zero-order chi connectivity index (χ0) is 11.5. The molecule has 15 heavy (non-hydrogen) atoms. The molecule has 1 aliphatic rings. The fraction of sp³-hybridized carbons (Fsp3) is 0.818. The minimum atomic E-state index is -3.03. The summed E-state index contributed by atoms with van der Waals surface area (Å²) in [4.78, 5) is 0. The predicted molar refractivity (Wildman–Crippen MR) is 63.4 cm³/mol. The Balaban J connectivity index is 2.74. The third-order valence-corrected chi connectivity index (χ3v) is 4.83. The first-order valence-corrected chi connectivity index (χ1v) is 7.52. The van der Waals surface area contributed by atoms with E-state index in [2.05, 4.69) is 6.08 Å². The van der Waals surface area contributed by atoms with E-state index < -0.39 is 15.1 Å². The summed E-state index contributed by atoms with van der Waals surface area (Å²) in [6.07, 6.45) is 8.95. The van der Waals surface area contributed by atoms with Gasteiger partial charge in [-0.05, 0) is 32.6 Å². The largest absolute Gasteiger partial charge is 0.323 e. The molecular formula is C11H21NO2S. The summed E-state index contributed by atoms with van der Waals surface area (Å²) in [5.41, 5.74) is 7.13. The molecule has 2 atom stereocenters. The maximum absolute atomic E-state index is 11.4. The summed E-state index contributed by atoms with van der Waals surface area (Å²) < 4.78 is 22.8. The Morgan fingerprint density at radius 3 is 2.60 bits per heavy atom. The third kappa shape index (κ3) is 3.61. The fourth-order valence-corrected chi connectivity index (χ4v) is 2.62. The van der Waals surface area contributed by atoms with Gasteiger partial charge in [0, 0.05) is 12.3 Å². The second-order valence-electron chi connectivity index (χ2n) is 4.44. The molecule has 2 N–H and O–H groups in total. The zero-order valence-corrected chi connectivity index (χ0v) is 10.4. The smallest absolute Gasteiger partial charge is 0.151 e. The first-order valence-electron chi connectivity index (χ1n) is 5.56. The van der Waals surface area contributed by atoms with Crippen molar-refractivity contribution >= 4 is 9.84 Å². The molecule has 3 nitrogen and oxygen atoms in total. The first kappa shape index (κ1) is 12.7. The molecule has 0 aromatic carbocycles. The van der Waals surface area contributed by atoms with Gasteiger partial charge in [0.25, 0.3) is 0 Å². The Labute approximate surface area is 92.7 Å². The quantitative estimate of drug-likeness (QED) is 0.751. The van der Waals surface area contributed by atoms with Gasteiger partial charge >= 0.3 is 0 Å². The average molecular weight is 231 g/mol. The van der Waals surface area contributed by atoms with Gasteiger partial charge in [-0.15, -0.1) is 0 Å². The number of hydrogen-bond donors (Lipinski definition) is 1. The van der Waals surface area contributed by atoms with Crippen LogP contribution in [0.5, 0.6) is 0 Å². The van der Waals surface area contributed by atoms with Crippen molar-refractivity contribution in [1.82, 2.24) is 0 Å². The molecule has 0 spiro atoms. The lowest BCUT2D eigenvalue weighted by molar-refractivity contribution is 0.573. The maximum Gasteiger partial charge on any atom is 0.151 e. The number of hydrogen-bond acceptors (Lipinski definition) is 3. The van der Waals surface area contributed by atoms with Crippen molar-refractivity contribution in [2.24, 2.45) is 5.73 Å². The first-order chi connectivity index (χ1) is 6.93. The van der Waals surface area contributed by atoms with Crippen LogP contribution in [0, 0.1) is 0 Å². The van der Waals surface area contributed by atoms with Crippen LogP contribution < -0.4 is 5.73 Å². The summed E-state index contributed by atoms with van der Waals surface area (Å²) in [6, 6.07) is -0.321. The lowest BCUT2D eigenvalue weighted by atomic mass is 10.0. The van der Waals surface area contributed by atoms with E-state index in [0.29, 0.717) is 0 Å². The van der Waals surface area contributed by atoms with Crippen molar-refractivity contribution in [3.63, 3.8) is 0 Å². The molecule has 2 unspecified atom stereocenters. The van der Waals surface area contributed by atoms with Gasteiger partial charge in [-0.3, -0.25) is 0 Å². The summed E-state index contributed by atoms with van der Waals surface area (Å²) in [5, 5.41) is -0.471. The van der Waals surface area contributed by atoms with Crippen LogP contribution in [0.4, 0.5) is 0 Å². The molecule has 88 valence electrons. The minimum Gasteiger partial charge on any atom is -0.323 e. The highest BCUT2D eigenvalue weighted by Gasteiger charge is 2.25. The molecule has 1 aliphatic carbocycles. The van der Waals surface area contributed by atoms with E-state index in [1.165, 1.54) is 19.1 Å². The average Bonchev–Trinajstić information content (AvgIpc) is 2.42. The van der Waals surface area contributed by atoms with Crippen LogP contribution in [0.15, 0.2) is 11.6 Å². The van der Waals surface area contributed by atoms with Gasteiger partial charge in [-0.2, -0.15) is 0 Å². The van der Waals surface area contributed by atoms with E-state index in [9.17, 15) is 8.42 Å². The number of nitrogens with two attached hydrogens (primary N) is 1.